The van der Waals surface area contributed by atoms with E-state index in [1.54, 1.807) is 13.3 Å². The van der Waals surface area contributed by atoms with E-state index in [2.05, 4.69) is 53.7 Å². The second kappa shape index (κ2) is 10.3. The first-order valence-electron chi connectivity index (χ1n) is 7.72. The molecule has 2 aromatic rings. The maximum Gasteiger partial charge on any atom is 0.191 e. The van der Waals surface area contributed by atoms with Crippen LogP contribution in [0.1, 0.15) is 29.7 Å². The Morgan fingerprint density at radius 3 is 2.52 bits per heavy atom. The summed E-state index contributed by atoms with van der Waals surface area (Å²) in [5.74, 6) is 2.24. The zero-order chi connectivity index (χ0) is 15.8. The highest BCUT2D eigenvalue weighted by Gasteiger charge is 2.06. The van der Waals surface area contributed by atoms with Crippen molar-refractivity contribution in [1.29, 1.82) is 0 Å². The van der Waals surface area contributed by atoms with Crippen molar-refractivity contribution < 1.29 is 4.42 Å². The van der Waals surface area contributed by atoms with Crippen molar-refractivity contribution in [3.8, 4) is 0 Å². The summed E-state index contributed by atoms with van der Waals surface area (Å²) in [4.78, 5) is 4.25. The van der Waals surface area contributed by atoms with Crippen LogP contribution >= 0.6 is 24.0 Å². The fourth-order valence-corrected chi connectivity index (χ4v) is 2.24. The van der Waals surface area contributed by atoms with Crippen LogP contribution in [0.25, 0.3) is 0 Å². The molecule has 4 nitrogen and oxygen atoms in total. The molecule has 1 heterocycles. The third-order valence-electron chi connectivity index (χ3n) is 3.69. The summed E-state index contributed by atoms with van der Waals surface area (Å²) < 4.78 is 5.31. The molecule has 0 saturated carbocycles. The first-order chi connectivity index (χ1) is 10.7. The van der Waals surface area contributed by atoms with E-state index in [0.29, 0.717) is 5.92 Å². The molecule has 0 spiro atoms. The normalized spacial score (nSPS) is 12.4. The van der Waals surface area contributed by atoms with Crippen LogP contribution in [0.5, 0.6) is 0 Å². The number of rotatable bonds is 6. The molecule has 1 aromatic heterocycles. The molecule has 2 rings (SSSR count). The van der Waals surface area contributed by atoms with Gasteiger partial charge in [0.05, 0.1) is 6.26 Å². The van der Waals surface area contributed by atoms with Crippen LogP contribution in [-0.2, 0) is 6.42 Å². The van der Waals surface area contributed by atoms with Gasteiger partial charge in [0, 0.05) is 26.6 Å². The van der Waals surface area contributed by atoms with Gasteiger partial charge in [0.15, 0.2) is 5.96 Å². The van der Waals surface area contributed by atoms with E-state index in [9.17, 15) is 0 Å². The minimum absolute atomic E-state index is 0. The summed E-state index contributed by atoms with van der Waals surface area (Å²) in [6.07, 6.45) is 2.55. The van der Waals surface area contributed by atoms with Crippen LogP contribution in [-0.4, -0.2) is 26.1 Å². The standard InChI is InChI=1S/C18H25N3O.HI/c1-14-6-8-16(9-7-14)15(2)13-21-18(19-3)20-11-10-17-5-4-12-22-17;/h4-9,12,15H,10-11,13H2,1-3H3,(H2,19,20,21);1H. The van der Waals surface area contributed by atoms with Crippen LogP contribution in [0, 0.1) is 6.92 Å². The van der Waals surface area contributed by atoms with Gasteiger partial charge in [-0.15, -0.1) is 24.0 Å². The molecular weight excluding hydrogens is 401 g/mol. The predicted molar refractivity (Wildman–Crippen MR) is 107 cm³/mol. The third-order valence-corrected chi connectivity index (χ3v) is 3.69. The molecule has 5 heteroatoms. The summed E-state index contributed by atoms with van der Waals surface area (Å²) in [5.41, 5.74) is 2.63. The number of halogens is 1. The Balaban J connectivity index is 0.00000264. The Hall–Kier alpha value is -1.50. The number of nitrogens with zero attached hydrogens (tertiary/aromatic N) is 1. The largest absolute Gasteiger partial charge is 0.469 e. The molecule has 0 aliphatic carbocycles. The molecule has 0 saturated heterocycles. The lowest BCUT2D eigenvalue weighted by Gasteiger charge is -2.16. The molecule has 126 valence electrons. The van der Waals surface area contributed by atoms with Crippen LogP contribution in [0.4, 0.5) is 0 Å². The Morgan fingerprint density at radius 1 is 1.17 bits per heavy atom. The molecule has 1 atom stereocenters. The van der Waals surface area contributed by atoms with Gasteiger partial charge in [-0.3, -0.25) is 4.99 Å². The van der Waals surface area contributed by atoms with Gasteiger partial charge in [0.2, 0.25) is 0 Å². The number of guanidine groups is 1. The predicted octanol–water partition coefficient (Wildman–Crippen LogP) is 3.72. The van der Waals surface area contributed by atoms with Crippen LogP contribution in [0.3, 0.4) is 0 Å². The molecule has 23 heavy (non-hydrogen) atoms. The van der Waals surface area contributed by atoms with Crippen molar-refractivity contribution in [2.24, 2.45) is 4.99 Å². The fraction of sp³-hybridized carbons (Fsp3) is 0.389. The number of hydrogen-bond acceptors (Lipinski definition) is 2. The molecule has 1 unspecified atom stereocenters. The first-order valence-corrected chi connectivity index (χ1v) is 7.72. The quantitative estimate of drug-likeness (QED) is 0.420. The number of aryl methyl sites for hydroxylation is 1. The summed E-state index contributed by atoms with van der Waals surface area (Å²) in [6, 6.07) is 12.6. The van der Waals surface area contributed by atoms with Crippen LogP contribution in [0.2, 0.25) is 0 Å². The number of furan rings is 1. The third kappa shape index (κ3) is 6.64. The van der Waals surface area contributed by atoms with E-state index in [0.717, 1.165) is 31.2 Å². The van der Waals surface area contributed by atoms with Crippen molar-refractivity contribution in [2.45, 2.75) is 26.2 Å². The zero-order valence-electron chi connectivity index (χ0n) is 14.0. The topological polar surface area (TPSA) is 49.6 Å². The average Bonchev–Trinajstić information content (AvgIpc) is 3.04. The summed E-state index contributed by atoms with van der Waals surface area (Å²) in [6.45, 7) is 5.97. The maximum atomic E-state index is 5.31. The Bertz CT molecular complexity index is 579. The second-order valence-electron chi connectivity index (χ2n) is 5.52. The van der Waals surface area contributed by atoms with E-state index in [-0.39, 0.29) is 24.0 Å². The van der Waals surface area contributed by atoms with Crippen molar-refractivity contribution in [3.63, 3.8) is 0 Å². The van der Waals surface area contributed by atoms with Crippen molar-refractivity contribution in [3.05, 3.63) is 59.5 Å². The molecule has 2 N–H and O–H groups in total. The Morgan fingerprint density at radius 2 is 1.91 bits per heavy atom. The minimum Gasteiger partial charge on any atom is -0.469 e. The van der Waals surface area contributed by atoms with Gasteiger partial charge >= 0.3 is 0 Å². The molecule has 0 bridgehead atoms. The number of benzene rings is 1. The molecule has 0 amide bonds. The molecule has 0 fully saturated rings. The van der Waals surface area contributed by atoms with E-state index >= 15 is 0 Å². The smallest absolute Gasteiger partial charge is 0.191 e. The van der Waals surface area contributed by atoms with Gasteiger partial charge in [-0.2, -0.15) is 0 Å². The number of nitrogens with one attached hydrogen (secondary N) is 2. The van der Waals surface area contributed by atoms with Crippen molar-refractivity contribution >= 4 is 29.9 Å². The van der Waals surface area contributed by atoms with Gasteiger partial charge in [0.25, 0.3) is 0 Å². The first kappa shape index (κ1) is 19.5. The molecule has 0 aliphatic rings. The molecule has 1 aromatic carbocycles. The summed E-state index contributed by atoms with van der Waals surface area (Å²) in [7, 11) is 1.79. The number of aliphatic imine (C=N–C) groups is 1. The Kier molecular flexibility index (Phi) is 8.76. The molecule has 0 aliphatic heterocycles. The lowest BCUT2D eigenvalue weighted by Crippen LogP contribution is -2.39. The average molecular weight is 427 g/mol. The van der Waals surface area contributed by atoms with Gasteiger partial charge in [-0.1, -0.05) is 36.8 Å². The highest BCUT2D eigenvalue weighted by Crippen LogP contribution is 2.14. The van der Waals surface area contributed by atoms with E-state index in [1.165, 1.54) is 11.1 Å². The maximum absolute atomic E-state index is 5.31. The van der Waals surface area contributed by atoms with Crippen LogP contribution in [0.15, 0.2) is 52.1 Å². The zero-order valence-corrected chi connectivity index (χ0v) is 16.3. The summed E-state index contributed by atoms with van der Waals surface area (Å²) in [5, 5.41) is 6.67. The van der Waals surface area contributed by atoms with Crippen molar-refractivity contribution in [1.82, 2.24) is 10.6 Å². The van der Waals surface area contributed by atoms with Gasteiger partial charge < -0.3 is 15.1 Å². The van der Waals surface area contributed by atoms with E-state index in [4.69, 9.17) is 4.42 Å². The number of hydrogen-bond donors (Lipinski definition) is 2. The van der Waals surface area contributed by atoms with Crippen molar-refractivity contribution in [2.75, 3.05) is 20.1 Å². The van der Waals surface area contributed by atoms with E-state index in [1.807, 2.05) is 12.1 Å². The highest BCUT2D eigenvalue weighted by molar-refractivity contribution is 14.0. The lowest BCUT2D eigenvalue weighted by atomic mass is 10.0. The van der Waals surface area contributed by atoms with E-state index < -0.39 is 0 Å². The van der Waals surface area contributed by atoms with Gasteiger partial charge in [0.1, 0.15) is 5.76 Å². The summed E-state index contributed by atoms with van der Waals surface area (Å²) >= 11 is 0. The highest BCUT2D eigenvalue weighted by atomic mass is 127. The monoisotopic (exact) mass is 427 g/mol. The van der Waals surface area contributed by atoms with Gasteiger partial charge in [-0.25, -0.2) is 0 Å². The molecule has 0 radical (unpaired) electrons. The fourth-order valence-electron chi connectivity index (χ4n) is 2.24. The minimum atomic E-state index is 0. The second-order valence-corrected chi connectivity index (χ2v) is 5.52. The lowest BCUT2D eigenvalue weighted by molar-refractivity contribution is 0.506. The SMILES string of the molecule is CN=C(NCCc1ccco1)NCC(C)c1ccc(C)cc1.I. The molecular formula is C18H26IN3O. The van der Waals surface area contributed by atoms with Gasteiger partial charge in [-0.05, 0) is 30.5 Å². The Labute approximate surface area is 155 Å². The van der Waals surface area contributed by atoms with Crippen LogP contribution < -0.4 is 10.6 Å².